The van der Waals surface area contributed by atoms with Crippen LogP contribution in [-0.2, 0) is 19.6 Å². The maximum Gasteiger partial charge on any atom is 0.308 e. The summed E-state index contributed by atoms with van der Waals surface area (Å²) in [5.41, 5.74) is 1.67. The van der Waals surface area contributed by atoms with Gasteiger partial charge in [-0.25, -0.2) is 17.5 Å². The molecule has 2 aromatic rings. The number of anilines is 1. The van der Waals surface area contributed by atoms with Crippen LogP contribution in [0.15, 0.2) is 30.3 Å². The fourth-order valence-corrected chi connectivity index (χ4v) is 7.09. The van der Waals surface area contributed by atoms with E-state index in [0.29, 0.717) is 34.1 Å². The van der Waals surface area contributed by atoms with Crippen molar-refractivity contribution in [3.05, 3.63) is 47.3 Å². The molecule has 2 heterocycles. The number of benzene rings is 2. The SMILES string of the molecule is CCCC(CCC)N(C(=O)CN1C[C@H](c2cc(OC)c3c(c2)OCO3)[C@@H](C(=O)O)[C@@H]1CCNS(C)(=O)=O)c1ccc(F)c(C)c1. The van der Waals surface area contributed by atoms with Crippen molar-refractivity contribution in [1.82, 2.24) is 9.62 Å². The highest BCUT2D eigenvalue weighted by molar-refractivity contribution is 7.88. The summed E-state index contributed by atoms with van der Waals surface area (Å²) >= 11 is 0. The first-order chi connectivity index (χ1) is 21.4. The number of methoxy groups -OCH3 is 1. The van der Waals surface area contributed by atoms with E-state index in [-0.39, 0.29) is 50.6 Å². The second-order valence-corrected chi connectivity index (χ2v) is 13.6. The van der Waals surface area contributed by atoms with Gasteiger partial charge in [-0.05, 0) is 67.6 Å². The molecule has 11 nitrogen and oxygen atoms in total. The molecule has 2 aromatic carbocycles. The summed E-state index contributed by atoms with van der Waals surface area (Å²) in [6.45, 7) is 5.89. The number of rotatable bonds is 15. The van der Waals surface area contributed by atoms with E-state index in [4.69, 9.17) is 14.2 Å². The minimum Gasteiger partial charge on any atom is -0.493 e. The standard InChI is InChI=1S/C32H44FN3O8S/c1-6-8-22(9-7-2)36(23-10-11-25(33)20(3)14-23)29(37)18-35-17-24(21-15-27(42-4)31-28(16-21)43-19-44-31)30(32(38)39)26(35)12-13-34-45(5,40)41/h10-11,14-16,22,24,26,30,34H,6-9,12-13,17-19H2,1-5H3,(H,38,39)/t24-,26+,30-/m1/s1. The number of aryl methyl sites for hydroxylation is 1. The van der Waals surface area contributed by atoms with Gasteiger partial charge in [0.05, 0.1) is 25.8 Å². The van der Waals surface area contributed by atoms with Crippen molar-refractivity contribution in [1.29, 1.82) is 0 Å². The van der Waals surface area contributed by atoms with Crippen LogP contribution in [0.5, 0.6) is 17.2 Å². The third-order valence-electron chi connectivity index (χ3n) is 8.58. The predicted molar refractivity (Wildman–Crippen MR) is 168 cm³/mol. The van der Waals surface area contributed by atoms with Crippen LogP contribution in [-0.4, -0.2) is 82.2 Å². The maximum atomic E-state index is 14.3. The molecule has 0 aliphatic carbocycles. The fraction of sp³-hybridized carbons (Fsp3) is 0.562. The van der Waals surface area contributed by atoms with Crippen LogP contribution < -0.4 is 23.8 Å². The number of carboxylic acids is 1. The smallest absolute Gasteiger partial charge is 0.308 e. The van der Waals surface area contributed by atoms with E-state index in [9.17, 15) is 27.5 Å². The predicted octanol–water partition coefficient (Wildman–Crippen LogP) is 4.28. The van der Waals surface area contributed by atoms with E-state index in [1.54, 1.807) is 36.1 Å². The average Bonchev–Trinajstić information content (AvgIpc) is 3.59. The van der Waals surface area contributed by atoms with Gasteiger partial charge < -0.3 is 24.2 Å². The van der Waals surface area contributed by atoms with Gasteiger partial charge in [-0.2, -0.15) is 0 Å². The molecule has 0 bridgehead atoms. The second kappa shape index (κ2) is 14.8. The molecule has 0 radical (unpaired) electrons. The number of carbonyl (C=O) groups is 2. The summed E-state index contributed by atoms with van der Waals surface area (Å²) in [7, 11) is -2.04. The lowest BCUT2D eigenvalue weighted by atomic mass is 9.84. The van der Waals surface area contributed by atoms with Crippen molar-refractivity contribution in [3.8, 4) is 17.2 Å². The van der Waals surface area contributed by atoms with E-state index in [2.05, 4.69) is 4.72 Å². The van der Waals surface area contributed by atoms with Gasteiger partial charge in [-0.15, -0.1) is 0 Å². The minimum atomic E-state index is -3.53. The van der Waals surface area contributed by atoms with Crippen molar-refractivity contribution in [2.45, 2.75) is 70.9 Å². The van der Waals surface area contributed by atoms with Gasteiger partial charge in [0.1, 0.15) is 5.82 Å². The Morgan fingerprint density at radius 2 is 1.89 bits per heavy atom. The first-order valence-corrected chi connectivity index (χ1v) is 17.2. The lowest BCUT2D eigenvalue weighted by Gasteiger charge is -2.35. The van der Waals surface area contributed by atoms with Crippen molar-refractivity contribution in [3.63, 3.8) is 0 Å². The van der Waals surface area contributed by atoms with E-state index in [0.717, 1.165) is 31.9 Å². The molecule has 1 fully saturated rings. The molecule has 13 heteroatoms. The topological polar surface area (TPSA) is 135 Å². The molecule has 0 unspecified atom stereocenters. The number of ether oxygens (including phenoxy) is 3. The molecular weight excluding hydrogens is 605 g/mol. The van der Waals surface area contributed by atoms with Crippen molar-refractivity contribution in [2.24, 2.45) is 5.92 Å². The van der Waals surface area contributed by atoms with Gasteiger partial charge >= 0.3 is 5.97 Å². The Balaban J connectivity index is 1.73. The molecule has 1 amide bonds. The second-order valence-electron chi connectivity index (χ2n) is 11.8. The Kier molecular flexibility index (Phi) is 11.3. The molecule has 4 rings (SSSR count). The van der Waals surface area contributed by atoms with Gasteiger partial charge in [0.25, 0.3) is 0 Å². The average molecular weight is 650 g/mol. The summed E-state index contributed by atoms with van der Waals surface area (Å²) in [6, 6.07) is 7.32. The Labute approximate surface area is 264 Å². The van der Waals surface area contributed by atoms with Gasteiger partial charge in [0.15, 0.2) is 11.5 Å². The Morgan fingerprint density at radius 1 is 1.18 bits per heavy atom. The monoisotopic (exact) mass is 649 g/mol. The van der Waals surface area contributed by atoms with Crippen LogP contribution in [0.1, 0.15) is 63.0 Å². The van der Waals surface area contributed by atoms with Crippen LogP contribution in [0.3, 0.4) is 0 Å². The number of sulfonamides is 1. The van der Waals surface area contributed by atoms with Gasteiger partial charge in [0.2, 0.25) is 28.5 Å². The molecule has 3 atom stereocenters. The molecule has 2 aliphatic heterocycles. The zero-order chi connectivity index (χ0) is 32.9. The van der Waals surface area contributed by atoms with Crippen LogP contribution >= 0.6 is 0 Å². The quantitative estimate of drug-likeness (QED) is 0.290. The first kappa shape index (κ1) is 34.5. The summed E-state index contributed by atoms with van der Waals surface area (Å²) in [4.78, 5) is 30.8. The van der Waals surface area contributed by atoms with E-state index >= 15 is 0 Å². The Morgan fingerprint density at radius 3 is 2.49 bits per heavy atom. The number of amides is 1. The zero-order valence-corrected chi connectivity index (χ0v) is 27.4. The van der Waals surface area contributed by atoms with Crippen LogP contribution in [0, 0.1) is 18.7 Å². The number of likely N-dealkylation sites (tertiary alicyclic amines) is 1. The number of hydrogen-bond acceptors (Lipinski definition) is 8. The molecule has 0 saturated carbocycles. The number of carbonyl (C=O) groups excluding carboxylic acids is 1. The minimum absolute atomic E-state index is 0.00428. The van der Waals surface area contributed by atoms with Crippen LogP contribution in [0.2, 0.25) is 0 Å². The third kappa shape index (κ3) is 8.06. The highest BCUT2D eigenvalue weighted by Crippen LogP contribution is 2.47. The largest absolute Gasteiger partial charge is 0.493 e. The van der Waals surface area contributed by atoms with Crippen molar-refractivity contribution in [2.75, 3.05) is 44.7 Å². The molecular formula is C32H44FN3O8S. The fourth-order valence-electron chi connectivity index (χ4n) is 6.60. The number of carboxylic acid groups (broad SMARTS) is 1. The lowest BCUT2D eigenvalue weighted by molar-refractivity contribution is -0.143. The molecule has 45 heavy (non-hydrogen) atoms. The molecule has 0 aromatic heterocycles. The number of fused-ring (bicyclic) bond motifs is 1. The van der Waals surface area contributed by atoms with E-state index < -0.39 is 33.9 Å². The summed E-state index contributed by atoms with van der Waals surface area (Å²) in [5, 5.41) is 10.5. The van der Waals surface area contributed by atoms with Crippen molar-refractivity contribution >= 4 is 27.6 Å². The third-order valence-corrected chi connectivity index (χ3v) is 9.31. The van der Waals surface area contributed by atoms with E-state index in [1.807, 2.05) is 18.7 Å². The van der Waals surface area contributed by atoms with Gasteiger partial charge in [0, 0.05) is 36.8 Å². The highest BCUT2D eigenvalue weighted by Gasteiger charge is 2.48. The summed E-state index contributed by atoms with van der Waals surface area (Å²) in [5.74, 6) is -1.89. The number of halogens is 1. The highest BCUT2D eigenvalue weighted by atomic mass is 32.2. The Bertz CT molecular complexity index is 1480. The van der Waals surface area contributed by atoms with Crippen molar-refractivity contribution < 1.29 is 41.7 Å². The molecule has 2 aliphatic rings. The van der Waals surface area contributed by atoms with Gasteiger partial charge in [-0.3, -0.25) is 14.5 Å². The molecule has 0 spiro atoms. The number of aliphatic carboxylic acids is 1. The number of nitrogens with zero attached hydrogens (tertiary/aromatic N) is 2. The Hall–Kier alpha value is -3.42. The molecule has 248 valence electrons. The van der Waals surface area contributed by atoms with E-state index in [1.165, 1.54) is 13.2 Å². The summed E-state index contributed by atoms with van der Waals surface area (Å²) < 4.78 is 57.1. The van der Waals surface area contributed by atoms with Crippen LogP contribution in [0.4, 0.5) is 10.1 Å². The molecule has 1 saturated heterocycles. The maximum absolute atomic E-state index is 14.3. The number of hydrogen-bond donors (Lipinski definition) is 2. The molecule has 2 N–H and O–H groups in total. The summed E-state index contributed by atoms with van der Waals surface area (Å²) in [6.07, 6.45) is 4.38. The zero-order valence-electron chi connectivity index (χ0n) is 26.5. The van der Waals surface area contributed by atoms with Crippen LogP contribution in [0.25, 0.3) is 0 Å². The lowest BCUT2D eigenvalue weighted by Crippen LogP contribution is -2.48. The number of nitrogens with one attached hydrogen (secondary N) is 1. The van der Waals surface area contributed by atoms with Gasteiger partial charge in [-0.1, -0.05) is 26.7 Å². The normalized spacial score (nSPS) is 19.7. The first-order valence-electron chi connectivity index (χ1n) is 15.4.